The summed E-state index contributed by atoms with van der Waals surface area (Å²) in [5.74, 6) is 0. The third-order valence-electron chi connectivity index (χ3n) is 2.55. The van der Waals surface area contributed by atoms with Crippen molar-refractivity contribution in [1.29, 1.82) is 0 Å². The van der Waals surface area contributed by atoms with E-state index in [1.165, 1.54) is 0 Å². The molecule has 0 nitrogen and oxygen atoms in total. The van der Waals surface area contributed by atoms with Gasteiger partial charge >= 0.3 is 0 Å². The molecule has 0 N–H and O–H groups in total. The Morgan fingerprint density at radius 2 is 2.00 bits per heavy atom. The van der Waals surface area contributed by atoms with Gasteiger partial charge in [-0.15, -0.1) is 0 Å². The molecule has 0 aromatic heterocycles. The van der Waals surface area contributed by atoms with Crippen molar-refractivity contribution in [2.45, 2.75) is 12.1 Å². The number of hydrogen-bond donors (Lipinski definition) is 0. The van der Waals surface area contributed by atoms with Crippen LogP contribution in [0.4, 0.5) is 4.39 Å². The van der Waals surface area contributed by atoms with Crippen molar-refractivity contribution in [1.82, 2.24) is 0 Å². The van der Waals surface area contributed by atoms with E-state index in [0.717, 1.165) is 11.1 Å². The van der Waals surface area contributed by atoms with Crippen molar-refractivity contribution in [3.8, 4) is 0 Å². The van der Waals surface area contributed by atoms with Gasteiger partial charge in [-0.05, 0) is 17.2 Å². The molecule has 1 unspecified atom stereocenters. The zero-order valence-electron chi connectivity index (χ0n) is 8.29. The van der Waals surface area contributed by atoms with E-state index in [1.807, 2.05) is 42.5 Å². The summed E-state index contributed by atoms with van der Waals surface area (Å²) in [5, 5.41) is 0.356. The summed E-state index contributed by atoms with van der Waals surface area (Å²) in [6.07, 6.45) is 5.90. The van der Waals surface area contributed by atoms with Crippen LogP contribution in [0.5, 0.6) is 0 Å². The van der Waals surface area contributed by atoms with Gasteiger partial charge in [-0.3, -0.25) is 0 Å². The third kappa shape index (κ3) is 2.37. The van der Waals surface area contributed by atoms with E-state index in [0.29, 0.717) is 11.8 Å². The second kappa shape index (κ2) is 4.31. The van der Waals surface area contributed by atoms with Crippen LogP contribution in [0.25, 0.3) is 5.57 Å². The fourth-order valence-corrected chi connectivity index (χ4v) is 2.01. The molecular formula is C13H12BrF. The molecule has 0 aliphatic heterocycles. The van der Waals surface area contributed by atoms with Crippen molar-refractivity contribution in [3.05, 3.63) is 54.1 Å². The van der Waals surface area contributed by atoms with Gasteiger partial charge in [0, 0.05) is 11.8 Å². The molecular weight excluding hydrogens is 255 g/mol. The number of halogens is 2. The second-order valence-corrected chi connectivity index (χ2v) is 4.29. The molecule has 0 spiro atoms. The Labute approximate surface area is 97.6 Å². The monoisotopic (exact) mass is 266 g/mol. The van der Waals surface area contributed by atoms with Crippen LogP contribution in [-0.2, 0) is 0 Å². The zero-order valence-corrected chi connectivity index (χ0v) is 9.87. The predicted octanol–water partition coefficient (Wildman–Crippen LogP) is 4.13. The van der Waals surface area contributed by atoms with Gasteiger partial charge in [-0.2, -0.15) is 0 Å². The fourth-order valence-electron chi connectivity index (χ4n) is 1.60. The van der Waals surface area contributed by atoms with Crippen LogP contribution in [0.1, 0.15) is 12.0 Å². The lowest BCUT2D eigenvalue weighted by atomic mass is 9.92. The minimum atomic E-state index is -1.21. The molecule has 1 aromatic carbocycles. The Bertz CT molecular complexity index is 394. The Morgan fingerprint density at radius 1 is 1.27 bits per heavy atom. The maximum Gasteiger partial charge on any atom is 0.142 e. The highest BCUT2D eigenvalue weighted by molar-refractivity contribution is 9.09. The summed E-state index contributed by atoms with van der Waals surface area (Å²) in [6.45, 7) is 0. The smallest absolute Gasteiger partial charge is 0.142 e. The standard InChI is InChI=1S/C13H12BrF/c14-10-13(15)8-6-12(7-9-13)11-4-2-1-3-5-11/h1-8H,9-10H2. The molecule has 1 aromatic rings. The summed E-state index contributed by atoms with van der Waals surface area (Å²) in [5.41, 5.74) is 1.04. The number of rotatable bonds is 2. The first-order valence-corrected chi connectivity index (χ1v) is 6.05. The van der Waals surface area contributed by atoms with Gasteiger partial charge < -0.3 is 0 Å². The lowest BCUT2D eigenvalue weighted by molar-refractivity contribution is 0.268. The molecule has 0 radical (unpaired) electrons. The quantitative estimate of drug-likeness (QED) is 0.707. The number of benzene rings is 1. The van der Waals surface area contributed by atoms with Gasteiger partial charge in [0.05, 0.1) is 0 Å². The van der Waals surface area contributed by atoms with E-state index < -0.39 is 5.67 Å². The molecule has 2 heteroatoms. The highest BCUT2D eigenvalue weighted by atomic mass is 79.9. The topological polar surface area (TPSA) is 0 Å². The van der Waals surface area contributed by atoms with Crippen LogP contribution >= 0.6 is 15.9 Å². The predicted molar refractivity (Wildman–Crippen MR) is 65.8 cm³/mol. The van der Waals surface area contributed by atoms with Crippen LogP contribution in [-0.4, -0.2) is 11.0 Å². The lowest BCUT2D eigenvalue weighted by Gasteiger charge is -2.21. The van der Waals surface area contributed by atoms with E-state index in [4.69, 9.17) is 0 Å². The average Bonchev–Trinajstić information content (AvgIpc) is 2.31. The number of alkyl halides is 2. The summed E-state index contributed by atoms with van der Waals surface area (Å²) < 4.78 is 13.8. The normalized spacial score (nSPS) is 25.1. The first-order valence-electron chi connectivity index (χ1n) is 4.93. The zero-order chi connectivity index (χ0) is 10.7. The van der Waals surface area contributed by atoms with Crippen LogP contribution in [0.3, 0.4) is 0 Å². The molecule has 0 saturated carbocycles. The van der Waals surface area contributed by atoms with Gasteiger partial charge in [-0.1, -0.05) is 58.4 Å². The number of allylic oxidation sites excluding steroid dienone is 4. The van der Waals surface area contributed by atoms with Gasteiger partial charge in [0.15, 0.2) is 0 Å². The van der Waals surface area contributed by atoms with E-state index in [9.17, 15) is 4.39 Å². The van der Waals surface area contributed by atoms with E-state index in [2.05, 4.69) is 15.9 Å². The molecule has 15 heavy (non-hydrogen) atoms. The van der Waals surface area contributed by atoms with E-state index in [-0.39, 0.29) is 0 Å². The Balaban J connectivity index is 2.20. The van der Waals surface area contributed by atoms with Crippen LogP contribution < -0.4 is 0 Å². The Morgan fingerprint density at radius 3 is 2.53 bits per heavy atom. The van der Waals surface area contributed by atoms with Gasteiger partial charge in [0.25, 0.3) is 0 Å². The van der Waals surface area contributed by atoms with Crippen molar-refractivity contribution in [2.75, 3.05) is 5.33 Å². The molecule has 0 saturated heterocycles. The van der Waals surface area contributed by atoms with Crippen molar-refractivity contribution >= 4 is 21.5 Å². The van der Waals surface area contributed by atoms with Crippen molar-refractivity contribution in [3.63, 3.8) is 0 Å². The Hall–Kier alpha value is -0.890. The first-order chi connectivity index (χ1) is 7.23. The Kier molecular flexibility index (Phi) is 3.06. The number of hydrogen-bond acceptors (Lipinski definition) is 0. The summed E-state index contributed by atoms with van der Waals surface area (Å²) >= 11 is 3.19. The maximum atomic E-state index is 13.8. The molecule has 78 valence electrons. The first kappa shape index (κ1) is 10.6. The summed E-state index contributed by atoms with van der Waals surface area (Å²) in [7, 11) is 0. The maximum absolute atomic E-state index is 13.8. The molecule has 2 rings (SSSR count). The highest BCUT2D eigenvalue weighted by Crippen LogP contribution is 2.30. The summed E-state index contributed by atoms with van der Waals surface area (Å²) in [4.78, 5) is 0. The second-order valence-electron chi connectivity index (χ2n) is 3.73. The minimum absolute atomic E-state index is 0.356. The largest absolute Gasteiger partial charge is 0.238 e. The molecule has 1 aliphatic rings. The third-order valence-corrected chi connectivity index (χ3v) is 3.48. The molecule has 0 heterocycles. The van der Waals surface area contributed by atoms with Crippen molar-refractivity contribution in [2.24, 2.45) is 0 Å². The fraction of sp³-hybridized carbons (Fsp3) is 0.231. The average molecular weight is 267 g/mol. The molecule has 0 fully saturated rings. The summed E-state index contributed by atoms with van der Waals surface area (Å²) in [6, 6.07) is 10.0. The van der Waals surface area contributed by atoms with Gasteiger partial charge in [0.1, 0.15) is 5.67 Å². The van der Waals surface area contributed by atoms with Crippen LogP contribution in [0.2, 0.25) is 0 Å². The SMILES string of the molecule is FC1(CBr)C=CC(c2ccccc2)=CC1. The van der Waals surface area contributed by atoms with Gasteiger partial charge in [0.2, 0.25) is 0 Å². The van der Waals surface area contributed by atoms with Crippen LogP contribution in [0.15, 0.2) is 48.6 Å². The minimum Gasteiger partial charge on any atom is -0.238 e. The van der Waals surface area contributed by atoms with E-state index >= 15 is 0 Å². The van der Waals surface area contributed by atoms with Crippen LogP contribution in [0, 0.1) is 0 Å². The molecule has 1 atom stereocenters. The molecule has 0 amide bonds. The van der Waals surface area contributed by atoms with E-state index in [1.54, 1.807) is 6.08 Å². The highest BCUT2D eigenvalue weighted by Gasteiger charge is 2.26. The molecule has 0 bridgehead atoms. The van der Waals surface area contributed by atoms with Gasteiger partial charge in [-0.25, -0.2) is 4.39 Å². The molecule has 1 aliphatic carbocycles. The lowest BCUT2D eigenvalue weighted by Crippen LogP contribution is -2.22. The van der Waals surface area contributed by atoms with Crippen molar-refractivity contribution < 1.29 is 4.39 Å².